The van der Waals surface area contributed by atoms with Gasteiger partial charge in [0.15, 0.2) is 0 Å². The van der Waals surface area contributed by atoms with E-state index in [9.17, 15) is 12.6 Å². The molecule has 102 valence electrons. The molecule has 1 rings (SSSR count). The SMILES string of the molecule is Cc1ccc(S(=O)(=O)NC(C)CS(C)=O)c(Br)c1. The number of nitrogens with one attached hydrogen (secondary N) is 1. The molecule has 4 nitrogen and oxygen atoms in total. The molecule has 7 heteroatoms. The second-order valence-corrected chi connectivity index (χ2v) is 8.21. The van der Waals surface area contributed by atoms with Crippen LogP contribution in [0, 0.1) is 6.92 Å². The molecule has 2 atom stereocenters. The molecule has 0 saturated heterocycles. The molecular formula is C11H16BrNO3S2. The Morgan fingerprint density at radius 2 is 2.06 bits per heavy atom. The van der Waals surface area contributed by atoms with Crippen molar-refractivity contribution in [3.8, 4) is 0 Å². The predicted molar refractivity (Wildman–Crippen MR) is 77.6 cm³/mol. The largest absolute Gasteiger partial charge is 0.260 e. The Hall–Kier alpha value is -0.240. The summed E-state index contributed by atoms with van der Waals surface area (Å²) in [6.45, 7) is 3.58. The summed E-state index contributed by atoms with van der Waals surface area (Å²) in [5.41, 5.74) is 0.975. The van der Waals surface area contributed by atoms with Gasteiger partial charge in [-0.25, -0.2) is 13.1 Å². The molecule has 0 bridgehead atoms. The van der Waals surface area contributed by atoms with Crippen LogP contribution in [0.25, 0.3) is 0 Å². The molecule has 0 aromatic heterocycles. The van der Waals surface area contributed by atoms with Crippen LogP contribution in [0.3, 0.4) is 0 Å². The molecule has 1 N–H and O–H groups in total. The lowest BCUT2D eigenvalue weighted by atomic mass is 10.2. The zero-order chi connectivity index (χ0) is 13.9. The van der Waals surface area contributed by atoms with E-state index in [0.29, 0.717) is 10.2 Å². The highest BCUT2D eigenvalue weighted by Gasteiger charge is 2.20. The molecule has 0 aliphatic heterocycles. The summed E-state index contributed by atoms with van der Waals surface area (Å²) >= 11 is 3.24. The fourth-order valence-corrected chi connectivity index (χ4v) is 4.87. The van der Waals surface area contributed by atoms with Crippen molar-refractivity contribution in [2.75, 3.05) is 12.0 Å². The maximum atomic E-state index is 12.1. The normalized spacial score (nSPS) is 15.3. The molecular weight excluding hydrogens is 338 g/mol. The standard InChI is InChI=1S/C11H16BrNO3S2/c1-8-4-5-11(10(12)6-8)18(15,16)13-9(2)7-17(3)14/h4-6,9,13H,7H2,1-3H3. The molecule has 2 unspecified atom stereocenters. The monoisotopic (exact) mass is 353 g/mol. The Morgan fingerprint density at radius 3 is 2.56 bits per heavy atom. The molecule has 0 aliphatic carbocycles. The van der Waals surface area contributed by atoms with Gasteiger partial charge in [0.1, 0.15) is 0 Å². The van der Waals surface area contributed by atoms with Gasteiger partial charge in [-0.3, -0.25) is 4.21 Å². The third kappa shape index (κ3) is 4.46. The number of hydrogen-bond donors (Lipinski definition) is 1. The minimum Gasteiger partial charge on any atom is -0.260 e. The van der Waals surface area contributed by atoms with E-state index >= 15 is 0 Å². The summed E-state index contributed by atoms with van der Waals surface area (Å²) < 4.78 is 38.3. The van der Waals surface area contributed by atoms with Crippen molar-refractivity contribution in [1.29, 1.82) is 0 Å². The van der Waals surface area contributed by atoms with Crippen molar-refractivity contribution >= 4 is 36.8 Å². The van der Waals surface area contributed by atoms with E-state index in [0.717, 1.165) is 5.56 Å². The number of aryl methyl sites for hydroxylation is 1. The number of hydrogen-bond acceptors (Lipinski definition) is 3. The van der Waals surface area contributed by atoms with Crippen molar-refractivity contribution in [2.24, 2.45) is 0 Å². The third-order valence-electron chi connectivity index (χ3n) is 2.22. The Morgan fingerprint density at radius 1 is 1.44 bits per heavy atom. The summed E-state index contributed by atoms with van der Waals surface area (Å²) in [7, 11) is -4.62. The Bertz CT molecular complexity index is 557. The molecule has 0 saturated carbocycles. The first kappa shape index (κ1) is 15.8. The molecule has 1 aromatic rings. The molecule has 1 aromatic carbocycles. The Balaban J connectivity index is 2.96. The lowest BCUT2D eigenvalue weighted by Gasteiger charge is -2.14. The van der Waals surface area contributed by atoms with Gasteiger partial charge in [-0.2, -0.15) is 0 Å². The topological polar surface area (TPSA) is 63.2 Å². The zero-order valence-corrected chi connectivity index (χ0v) is 13.7. The van der Waals surface area contributed by atoms with Crippen LogP contribution in [0.5, 0.6) is 0 Å². The van der Waals surface area contributed by atoms with E-state index in [2.05, 4.69) is 20.7 Å². The minimum atomic E-state index is -3.58. The Kier molecular flexibility index (Phi) is 5.51. The van der Waals surface area contributed by atoms with Gasteiger partial charge in [0.2, 0.25) is 10.0 Å². The summed E-state index contributed by atoms with van der Waals surface area (Å²) in [5, 5.41) is 0. The second kappa shape index (κ2) is 6.27. The van der Waals surface area contributed by atoms with Crippen molar-refractivity contribution in [1.82, 2.24) is 4.72 Å². The first-order valence-corrected chi connectivity index (χ1v) is 9.31. The molecule has 0 spiro atoms. The summed E-state index contributed by atoms with van der Waals surface area (Å²) in [4.78, 5) is 0.196. The van der Waals surface area contributed by atoms with Crippen molar-refractivity contribution in [3.63, 3.8) is 0 Å². The fraction of sp³-hybridized carbons (Fsp3) is 0.455. The average molecular weight is 354 g/mol. The van der Waals surface area contributed by atoms with Gasteiger partial charge in [0.05, 0.1) is 4.90 Å². The van der Waals surface area contributed by atoms with Gasteiger partial charge in [-0.05, 0) is 47.5 Å². The van der Waals surface area contributed by atoms with E-state index in [1.54, 1.807) is 31.4 Å². The van der Waals surface area contributed by atoms with Crippen molar-refractivity contribution in [3.05, 3.63) is 28.2 Å². The van der Waals surface area contributed by atoms with E-state index in [1.165, 1.54) is 0 Å². The van der Waals surface area contributed by atoms with Crippen LogP contribution in [0.1, 0.15) is 12.5 Å². The van der Waals surface area contributed by atoms with Gasteiger partial charge in [-0.1, -0.05) is 6.07 Å². The summed E-state index contributed by atoms with van der Waals surface area (Å²) in [6, 6.07) is 4.67. The van der Waals surface area contributed by atoms with Crippen LogP contribution in [-0.2, 0) is 20.8 Å². The molecule has 18 heavy (non-hydrogen) atoms. The van der Waals surface area contributed by atoms with Crippen LogP contribution < -0.4 is 4.72 Å². The lowest BCUT2D eigenvalue weighted by Crippen LogP contribution is -2.36. The van der Waals surface area contributed by atoms with Gasteiger partial charge >= 0.3 is 0 Å². The maximum absolute atomic E-state index is 12.1. The van der Waals surface area contributed by atoms with Crippen molar-refractivity contribution in [2.45, 2.75) is 24.8 Å². The highest BCUT2D eigenvalue weighted by Crippen LogP contribution is 2.23. The van der Waals surface area contributed by atoms with Gasteiger partial charge in [0.25, 0.3) is 0 Å². The summed E-state index contributed by atoms with van der Waals surface area (Å²) in [5.74, 6) is 0.294. The number of sulfonamides is 1. The van der Waals surface area contributed by atoms with Crippen molar-refractivity contribution < 1.29 is 12.6 Å². The predicted octanol–water partition coefficient (Wildman–Crippen LogP) is 1.80. The van der Waals surface area contributed by atoms with Crippen LogP contribution >= 0.6 is 15.9 Å². The van der Waals surface area contributed by atoms with Crippen LogP contribution in [-0.4, -0.2) is 30.7 Å². The molecule has 0 radical (unpaired) electrons. The lowest BCUT2D eigenvalue weighted by molar-refractivity contribution is 0.569. The summed E-state index contributed by atoms with van der Waals surface area (Å²) in [6.07, 6.45) is 1.55. The first-order chi connectivity index (χ1) is 8.22. The highest BCUT2D eigenvalue weighted by atomic mass is 79.9. The highest BCUT2D eigenvalue weighted by molar-refractivity contribution is 9.10. The average Bonchev–Trinajstić information content (AvgIpc) is 2.13. The van der Waals surface area contributed by atoms with Gasteiger partial charge < -0.3 is 0 Å². The van der Waals surface area contributed by atoms with Crippen LogP contribution in [0.2, 0.25) is 0 Å². The van der Waals surface area contributed by atoms with E-state index in [4.69, 9.17) is 0 Å². The van der Waals surface area contributed by atoms with Gasteiger partial charge in [0, 0.05) is 33.3 Å². The third-order valence-corrected chi connectivity index (χ3v) is 5.75. The van der Waals surface area contributed by atoms with E-state index in [1.807, 2.05) is 6.92 Å². The smallest absolute Gasteiger partial charge is 0.241 e. The number of halogens is 1. The fourth-order valence-electron chi connectivity index (χ4n) is 1.54. The number of rotatable bonds is 5. The van der Waals surface area contributed by atoms with E-state index in [-0.39, 0.29) is 10.9 Å². The Labute approximate surface area is 119 Å². The van der Waals surface area contributed by atoms with Crippen LogP contribution in [0.15, 0.2) is 27.6 Å². The molecule has 0 heterocycles. The maximum Gasteiger partial charge on any atom is 0.241 e. The molecule has 0 fully saturated rings. The zero-order valence-electron chi connectivity index (χ0n) is 10.4. The first-order valence-electron chi connectivity index (χ1n) is 5.31. The van der Waals surface area contributed by atoms with Gasteiger partial charge in [-0.15, -0.1) is 0 Å². The quantitative estimate of drug-likeness (QED) is 0.877. The molecule has 0 aliphatic rings. The minimum absolute atomic E-state index is 0.196. The second-order valence-electron chi connectivity index (χ2n) is 4.20. The van der Waals surface area contributed by atoms with Crippen LogP contribution in [0.4, 0.5) is 0 Å². The van der Waals surface area contributed by atoms with E-state index < -0.39 is 20.8 Å². The molecule has 0 amide bonds. The number of benzene rings is 1.